The Morgan fingerprint density at radius 1 is 1.00 bits per heavy atom. The van der Waals surface area contributed by atoms with E-state index in [-0.39, 0.29) is 5.91 Å². The van der Waals surface area contributed by atoms with Gasteiger partial charge in [-0.1, -0.05) is 23.7 Å². The van der Waals surface area contributed by atoms with E-state index in [0.29, 0.717) is 9.90 Å². The number of benzene rings is 2. The fraction of sp³-hybridized carbons (Fsp3) is 0.0870. The summed E-state index contributed by atoms with van der Waals surface area (Å²) in [4.78, 5) is 15.8. The van der Waals surface area contributed by atoms with Gasteiger partial charge < -0.3 is 14.8 Å². The highest BCUT2D eigenvalue weighted by atomic mass is 35.5. The number of thiophene rings is 1. The Bertz CT molecular complexity index is 1110. The van der Waals surface area contributed by atoms with Crippen LogP contribution in [0.2, 0.25) is 5.02 Å². The van der Waals surface area contributed by atoms with Gasteiger partial charge in [0, 0.05) is 53.8 Å². The first-order valence-corrected chi connectivity index (χ1v) is 10.4. The first-order chi connectivity index (χ1) is 14.0. The molecule has 6 heteroatoms. The zero-order chi connectivity index (χ0) is 20.4. The maximum absolute atomic E-state index is 13.1. The van der Waals surface area contributed by atoms with E-state index in [9.17, 15) is 4.79 Å². The van der Waals surface area contributed by atoms with Crippen molar-refractivity contribution in [2.75, 3.05) is 24.3 Å². The number of nitrogens with one attached hydrogen (secondary N) is 1. The molecule has 0 saturated heterocycles. The lowest BCUT2D eigenvalue weighted by Crippen LogP contribution is -2.13. The van der Waals surface area contributed by atoms with Crippen LogP contribution < -0.4 is 10.2 Å². The highest BCUT2D eigenvalue weighted by Gasteiger charge is 2.20. The molecule has 0 atom stereocenters. The molecule has 2 aromatic carbocycles. The van der Waals surface area contributed by atoms with Crippen molar-refractivity contribution < 1.29 is 4.79 Å². The Labute approximate surface area is 179 Å². The first kappa shape index (κ1) is 19.3. The average molecular weight is 422 g/mol. The number of carbonyl (C=O) groups excluding carboxylic acids is 1. The van der Waals surface area contributed by atoms with Crippen molar-refractivity contribution in [3.05, 3.63) is 88.3 Å². The summed E-state index contributed by atoms with van der Waals surface area (Å²) in [7, 11) is 3.97. The summed E-state index contributed by atoms with van der Waals surface area (Å²) in [5.41, 5.74) is 4.72. The predicted molar refractivity (Wildman–Crippen MR) is 123 cm³/mol. The van der Waals surface area contributed by atoms with Crippen LogP contribution in [0.5, 0.6) is 0 Å². The normalized spacial score (nSPS) is 10.7. The molecule has 1 N–H and O–H groups in total. The monoisotopic (exact) mass is 421 g/mol. The molecule has 0 fully saturated rings. The Morgan fingerprint density at radius 2 is 1.66 bits per heavy atom. The molecule has 29 heavy (non-hydrogen) atoms. The molecule has 0 radical (unpaired) electrons. The summed E-state index contributed by atoms with van der Waals surface area (Å²) in [6.45, 7) is 0. The van der Waals surface area contributed by atoms with Gasteiger partial charge in [0.1, 0.15) is 4.88 Å². The maximum atomic E-state index is 13.1. The number of halogens is 1. The summed E-state index contributed by atoms with van der Waals surface area (Å²) in [6, 6.07) is 19.4. The van der Waals surface area contributed by atoms with E-state index < -0.39 is 0 Å². The fourth-order valence-electron chi connectivity index (χ4n) is 3.12. The summed E-state index contributed by atoms with van der Waals surface area (Å²) in [6.07, 6.45) is 3.90. The predicted octanol–water partition coefficient (Wildman–Crippen LogP) is 6.18. The van der Waals surface area contributed by atoms with E-state index in [1.165, 1.54) is 11.3 Å². The summed E-state index contributed by atoms with van der Waals surface area (Å²) in [5, 5.41) is 5.72. The molecule has 0 saturated carbocycles. The van der Waals surface area contributed by atoms with Gasteiger partial charge in [0.2, 0.25) is 0 Å². The van der Waals surface area contributed by atoms with E-state index in [2.05, 4.69) is 5.32 Å². The van der Waals surface area contributed by atoms with Crippen LogP contribution in [0.3, 0.4) is 0 Å². The minimum absolute atomic E-state index is 0.128. The third-order valence-corrected chi connectivity index (χ3v) is 5.85. The third kappa shape index (κ3) is 4.06. The molecule has 0 unspecified atom stereocenters. The topological polar surface area (TPSA) is 37.3 Å². The Balaban J connectivity index is 1.70. The van der Waals surface area contributed by atoms with Gasteiger partial charge in [0.25, 0.3) is 5.91 Å². The second kappa shape index (κ2) is 8.15. The van der Waals surface area contributed by atoms with Crippen molar-refractivity contribution in [2.45, 2.75) is 0 Å². The summed E-state index contributed by atoms with van der Waals surface area (Å²) >= 11 is 7.48. The maximum Gasteiger partial charge on any atom is 0.267 e. The fourth-order valence-corrected chi connectivity index (χ4v) is 4.21. The van der Waals surface area contributed by atoms with Crippen LogP contribution in [0.15, 0.2) is 78.4 Å². The van der Waals surface area contributed by atoms with Crippen molar-refractivity contribution in [1.82, 2.24) is 4.57 Å². The van der Waals surface area contributed by atoms with Crippen LogP contribution in [0, 0.1) is 0 Å². The molecule has 0 spiro atoms. The molecular weight excluding hydrogens is 402 g/mol. The summed E-state index contributed by atoms with van der Waals surface area (Å²) < 4.78 is 1.98. The van der Waals surface area contributed by atoms with Crippen LogP contribution in [0.4, 0.5) is 11.4 Å². The molecule has 4 aromatic rings. The van der Waals surface area contributed by atoms with Crippen LogP contribution in [0.1, 0.15) is 9.67 Å². The molecule has 0 bridgehead atoms. The molecule has 0 aliphatic heterocycles. The molecule has 1 amide bonds. The molecule has 2 aromatic heterocycles. The van der Waals surface area contributed by atoms with Gasteiger partial charge >= 0.3 is 0 Å². The van der Waals surface area contributed by atoms with Gasteiger partial charge in [0.15, 0.2) is 0 Å². The van der Waals surface area contributed by atoms with Crippen LogP contribution in [-0.2, 0) is 0 Å². The SMILES string of the molecule is CN(C)c1ccc(NC(=O)c2scc(-c3ccc(Cl)cc3)c2-n2cccc2)cc1. The van der Waals surface area contributed by atoms with Gasteiger partial charge in [0.05, 0.1) is 5.69 Å². The van der Waals surface area contributed by atoms with Gasteiger partial charge in [-0.2, -0.15) is 0 Å². The Morgan fingerprint density at radius 3 is 2.28 bits per heavy atom. The number of aromatic nitrogens is 1. The first-order valence-electron chi connectivity index (χ1n) is 9.12. The molecule has 2 heterocycles. The molecule has 146 valence electrons. The van der Waals surface area contributed by atoms with Gasteiger partial charge in [-0.25, -0.2) is 0 Å². The highest BCUT2D eigenvalue weighted by Crippen LogP contribution is 2.36. The number of hydrogen-bond donors (Lipinski definition) is 1. The van der Waals surface area contributed by atoms with E-state index in [1.54, 1.807) is 0 Å². The van der Waals surface area contributed by atoms with Crippen LogP contribution >= 0.6 is 22.9 Å². The number of hydrogen-bond acceptors (Lipinski definition) is 3. The summed E-state index contributed by atoms with van der Waals surface area (Å²) in [5.74, 6) is -0.128. The quantitative estimate of drug-likeness (QED) is 0.418. The minimum atomic E-state index is -0.128. The second-order valence-corrected chi connectivity index (χ2v) is 8.14. The smallest absolute Gasteiger partial charge is 0.267 e. The van der Waals surface area contributed by atoms with Gasteiger partial charge in [-0.05, 0) is 54.1 Å². The number of nitrogens with zero attached hydrogens (tertiary/aromatic N) is 2. The highest BCUT2D eigenvalue weighted by molar-refractivity contribution is 7.13. The molecule has 4 nitrogen and oxygen atoms in total. The number of carbonyl (C=O) groups is 1. The molecule has 0 aliphatic carbocycles. The van der Waals surface area contributed by atoms with E-state index in [1.807, 2.05) is 102 Å². The second-order valence-electron chi connectivity index (χ2n) is 6.82. The standard InChI is InChI=1S/C23H20ClN3OS/c1-26(2)19-11-9-18(10-12-19)25-23(28)22-21(27-13-3-4-14-27)20(15-29-22)16-5-7-17(24)8-6-16/h3-15H,1-2H3,(H,25,28). The lowest BCUT2D eigenvalue weighted by atomic mass is 10.1. The number of rotatable bonds is 5. The van der Waals surface area contributed by atoms with Crippen molar-refractivity contribution in [3.63, 3.8) is 0 Å². The zero-order valence-corrected chi connectivity index (χ0v) is 17.7. The van der Waals surface area contributed by atoms with Crippen LogP contribution in [-0.4, -0.2) is 24.6 Å². The van der Waals surface area contributed by atoms with Crippen molar-refractivity contribution in [2.24, 2.45) is 0 Å². The lowest BCUT2D eigenvalue weighted by molar-refractivity contribution is 0.103. The van der Waals surface area contributed by atoms with E-state index in [0.717, 1.165) is 28.2 Å². The average Bonchev–Trinajstić information content (AvgIpc) is 3.38. The number of anilines is 2. The molecular formula is C23H20ClN3OS. The van der Waals surface area contributed by atoms with Crippen molar-refractivity contribution in [1.29, 1.82) is 0 Å². The van der Waals surface area contributed by atoms with Gasteiger partial charge in [-0.3, -0.25) is 4.79 Å². The third-order valence-electron chi connectivity index (χ3n) is 4.63. The van der Waals surface area contributed by atoms with Crippen LogP contribution in [0.25, 0.3) is 16.8 Å². The van der Waals surface area contributed by atoms with Crippen molar-refractivity contribution in [3.8, 4) is 16.8 Å². The van der Waals surface area contributed by atoms with E-state index in [4.69, 9.17) is 11.6 Å². The van der Waals surface area contributed by atoms with Crippen molar-refractivity contribution >= 4 is 40.2 Å². The number of amides is 1. The lowest BCUT2D eigenvalue weighted by Gasteiger charge is -2.13. The molecule has 4 rings (SSSR count). The van der Waals surface area contributed by atoms with Gasteiger partial charge in [-0.15, -0.1) is 11.3 Å². The largest absolute Gasteiger partial charge is 0.378 e. The molecule has 0 aliphatic rings. The Hall–Kier alpha value is -3.02. The minimum Gasteiger partial charge on any atom is -0.378 e. The Kier molecular flexibility index (Phi) is 5.43. The van der Waals surface area contributed by atoms with E-state index >= 15 is 0 Å². The zero-order valence-electron chi connectivity index (χ0n) is 16.1.